The highest BCUT2D eigenvalue weighted by atomic mass is 127. The van der Waals surface area contributed by atoms with Gasteiger partial charge in [-0.25, -0.2) is 4.79 Å². The number of thioether (sulfide) groups is 1. The van der Waals surface area contributed by atoms with Crippen molar-refractivity contribution >= 4 is 40.1 Å². The van der Waals surface area contributed by atoms with E-state index in [1.807, 2.05) is 59.0 Å². The number of hydrogen-bond donors (Lipinski definition) is 1. The fourth-order valence-electron chi connectivity index (χ4n) is 2.38. The van der Waals surface area contributed by atoms with Crippen LogP contribution in [0.15, 0.2) is 68.0 Å². The molecule has 3 aromatic rings. The van der Waals surface area contributed by atoms with E-state index in [0.29, 0.717) is 20.6 Å². The first-order chi connectivity index (χ1) is 13.0. The molecule has 0 aliphatic carbocycles. The number of halogens is 1. The monoisotopic (exact) mass is 493 g/mol. The summed E-state index contributed by atoms with van der Waals surface area (Å²) < 4.78 is 2.96. The Kier molecular flexibility index (Phi) is 6.11. The number of carbonyl (C=O) groups is 1. The zero-order chi connectivity index (χ0) is 19.4. The number of aryl methyl sites for hydroxylation is 1. The minimum atomic E-state index is -0.294. The van der Waals surface area contributed by atoms with E-state index in [2.05, 4.69) is 10.4 Å². The predicted molar refractivity (Wildman–Crippen MR) is 113 cm³/mol. The molecule has 0 amide bonds. The highest BCUT2D eigenvalue weighted by Gasteiger charge is 2.12. The van der Waals surface area contributed by atoms with E-state index in [1.54, 1.807) is 30.9 Å². The second-order valence-corrected chi connectivity index (χ2v) is 7.79. The van der Waals surface area contributed by atoms with Crippen LogP contribution in [0.5, 0.6) is 0 Å². The number of ketones is 1. The Morgan fingerprint density at radius 1 is 1.19 bits per heavy atom. The molecule has 0 aliphatic heterocycles. The number of Topliss-reactive ketones (excluding diaryl/α,β-unsaturated/α-hetero) is 1. The Labute approximate surface area is 173 Å². The lowest BCUT2D eigenvalue weighted by Gasteiger charge is -2.08. The molecule has 2 aromatic carbocycles. The molecule has 9 heteroatoms. The lowest BCUT2D eigenvalue weighted by molar-refractivity contribution is 0.104. The second kappa shape index (κ2) is 8.53. The normalized spacial score (nSPS) is 11.6. The molecule has 0 aliphatic rings. The molecule has 0 unspecified atom stereocenters. The van der Waals surface area contributed by atoms with Crippen LogP contribution in [-0.2, 0) is 12.8 Å². The number of carbonyl (C=O) groups excluding carboxylic acids is 1. The van der Waals surface area contributed by atoms with E-state index in [4.69, 9.17) is 5.73 Å². The topological polar surface area (TPSA) is 95.8 Å². The summed E-state index contributed by atoms with van der Waals surface area (Å²) in [7, 11) is 1.56. The maximum atomic E-state index is 12.1. The van der Waals surface area contributed by atoms with Crippen molar-refractivity contribution in [3.63, 3.8) is 0 Å². The summed E-state index contributed by atoms with van der Waals surface area (Å²) >= 11 is 3.53. The molecule has 1 aromatic heterocycles. The first-order valence-electron chi connectivity index (χ1n) is 7.93. The van der Waals surface area contributed by atoms with E-state index < -0.39 is 0 Å². The summed E-state index contributed by atoms with van der Waals surface area (Å²) in [5, 5.41) is 7.67. The summed E-state index contributed by atoms with van der Waals surface area (Å²) in [6.07, 6.45) is 1.30. The molecular weight excluding hydrogens is 477 g/mol. The van der Waals surface area contributed by atoms with Gasteiger partial charge in [0.15, 0.2) is 0 Å². The highest BCUT2D eigenvalue weighted by molar-refractivity contribution is 14.1. The van der Waals surface area contributed by atoms with E-state index >= 15 is 0 Å². The molecule has 2 N–H and O–H groups in total. The van der Waals surface area contributed by atoms with Crippen molar-refractivity contribution in [1.82, 2.24) is 19.8 Å². The van der Waals surface area contributed by atoms with Crippen LogP contribution in [0.4, 0.5) is 0 Å². The van der Waals surface area contributed by atoms with Crippen LogP contribution >= 0.6 is 34.4 Å². The summed E-state index contributed by atoms with van der Waals surface area (Å²) in [6.45, 7) is 0. The van der Waals surface area contributed by atoms with Crippen molar-refractivity contribution in [3.05, 3.63) is 79.9 Å². The summed E-state index contributed by atoms with van der Waals surface area (Å²) in [5.74, 6) is 0.550. The van der Waals surface area contributed by atoms with Gasteiger partial charge in [0.25, 0.3) is 0 Å². The number of nitrogens with two attached hydrogens (primary N) is 1. The van der Waals surface area contributed by atoms with E-state index in [9.17, 15) is 9.59 Å². The fourth-order valence-corrected chi connectivity index (χ4v) is 3.59. The number of para-hydroxylation sites is 1. The molecular formula is C18H16IN5O2S. The third-order valence-electron chi connectivity index (χ3n) is 3.82. The smallest absolute Gasteiger partial charge is 0.368 e. The molecule has 1 heterocycles. The number of tetrazole rings is 1. The third kappa shape index (κ3) is 4.30. The van der Waals surface area contributed by atoms with Crippen molar-refractivity contribution in [3.8, 4) is 5.69 Å². The molecule has 7 nitrogen and oxygen atoms in total. The van der Waals surface area contributed by atoms with Gasteiger partial charge in [-0.2, -0.15) is 9.36 Å². The van der Waals surface area contributed by atoms with Gasteiger partial charge in [0.1, 0.15) is 0 Å². The molecule has 27 heavy (non-hydrogen) atoms. The average Bonchev–Trinajstić information content (AvgIpc) is 3.04. The van der Waals surface area contributed by atoms with Gasteiger partial charge in [0.2, 0.25) is 5.78 Å². The molecule has 138 valence electrons. The predicted octanol–water partition coefficient (Wildman–Crippen LogP) is 2.68. The molecule has 0 saturated carbocycles. The van der Waals surface area contributed by atoms with E-state index in [1.165, 1.54) is 15.6 Å². The van der Waals surface area contributed by atoms with Gasteiger partial charge in [-0.3, -0.25) is 4.79 Å². The molecule has 0 spiro atoms. The maximum absolute atomic E-state index is 12.1. The van der Waals surface area contributed by atoms with Crippen LogP contribution in [0.3, 0.4) is 0 Å². The van der Waals surface area contributed by atoms with Crippen molar-refractivity contribution in [1.29, 1.82) is 0 Å². The third-order valence-corrected chi connectivity index (χ3v) is 5.73. The number of rotatable bonds is 6. The summed E-state index contributed by atoms with van der Waals surface area (Å²) in [4.78, 5) is 25.2. The van der Waals surface area contributed by atoms with Gasteiger partial charge >= 0.3 is 5.69 Å². The molecule has 3 rings (SSSR count). The molecule has 0 bridgehead atoms. The number of hydrogen-bond acceptors (Lipinski definition) is 6. The quantitative estimate of drug-likeness (QED) is 0.246. The van der Waals surface area contributed by atoms with Crippen molar-refractivity contribution in [2.75, 3.05) is 0 Å². The Bertz CT molecular complexity index is 1060. The standard InChI is InChI=1S/C18H16IN5O2S/c1-23-18(26)24(22-21-23)16-5-3-2-4-13(16)11-27-14-8-6-12(7-9-14)17(25)15(19)10-20/h2-10H,11,20H2,1H3/b15-10-. The fraction of sp³-hybridized carbons (Fsp3) is 0.111. The van der Waals surface area contributed by atoms with Gasteiger partial charge < -0.3 is 5.73 Å². The summed E-state index contributed by atoms with van der Waals surface area (Å²) in [5.41, 5.74) is 7.37. The Morgan fingerprint density at radius 2 is 1.89 bits per heavy atom. The van der Waals surface area contributed by atoms with Crippen molar-refractivity contribution < 1.29 is 4.79 Å². The zero-order valence-electron chi connectivity index (χ0n) is 14.4. The first kappa shape index (κ1) is 19.4. The van der Waals surface area contributed by atoms with Gasteiger partial charge in [0, 0.05) is 29.5 Å². The van der Waals surface area contributed by atoms with Crippen LogP contribution in [0.25, 0.3) is 5.69 Å². The van der Waals surface area contributed by atoms with Crippen LogP contribution < -0.4 is 11.4 Å². The van der Waals surface area contributed by atoms with Gasteiger partial charge in [-0.05, 0) is 68.9 Å². The Morgan fingerprint density at radius 3 is 2.52 bits per heavy atom. The number of benzene rings is 2. The van der Waals surface area contributed by atoms with Gasteiger partial charge in [-0.1, -0.05) is 18.2 Å². The van der Waals surface area contributed by atoms with Crippen LogP contribution in [-0.4, -0.2) is 25.6 Å². The molecule has 0 radical (unpaired) electrons. The van der Waals surface area contributed by atoms with Crippen molar-refractivity contribution in [2.24, 2.45) is 12.8 Å². The minimum Gasteiger partial charge on any atom is -0.404 e. The summed E-state index contributed by atoms with van der Waals surface area (Å²) in [6, 6.07) is 14.9. The van der Waals surface area contributed by atoms with Gasteiger partial charge in [0.05, 0.1) is 9.27 Å². The van der Waals surface area contributed by atoms with E-state index in [-0.39, 0.29) is 11.5 Å². The second-order valence-electron chi connectivity index (χ2n) is 5.58. The first-order valence-corrected chi connectivity index (χ1v) is 10.00. The Balaban J connectivity index is 1.77. The Hall–Kier alpha value is -2.40. The number of allylic oxidation sites excluding steroid dienone is 1. The van der Waals surface area contributed by atoms with Gasteiger partial charge in [-0.15, -0.1) is 11.8 Å². The molecule has 0 saturated heterocycles. The minimum absolute atomic E-state index is 0.0953. The highest BCUT2D eigenvalue weighted by Crippen LogP contribution is 2.26. The largest absolute Gasteiger partial charge is 0.404 e. The number of nitrogens with zero attached hydrogens (tertiary/aromatic N) is 4. The number of aromatic nitrogens is 4. The maximum Gasteiger partial charge on any atom is 0.368 e. The van der Waals surface area contributed by atoms with Crippen molar-refractivity contribution in [2.45, 2.75) is 10.6 Å². The zero-order valence-corrected chi connectivity index (χ0v) is 17.3. The lowest BCUT2D eigenvalue weighted by Crippen LogP contribution is -2.22. The average molecular weight is 493 g/mol. The van der Waals surface area contributed by atoms with Crippen LogP contribution in [0.1, 0.15) is 15.9 Å². The SMILES string of the molecule is Cn1nnn(-c2ccccc2CSc2ccc(C(=O)/C(I)=C/N)cc2)c1=O. The van der Waals surface area contributed by atoms with E-state index in [0.717, 1.165) is 10.5 Å². The lowest BCUT2D eigenvalue weighted by atomic mass is 10.1. The molecule has 0 fully saturated rings. The van der Waals surface area contributed by atoms with Crippen LogP contribution in [0, 0.1) is 0 Å². The molecule has 0 atom stereocenters. The van der Waals surface area contributed by atoms with Crippen LogP contribution in [0.2, 0.25) is 0 Å².